The zero-order chi connectivity index (χ0) is 25.8. The van der Waals surface area contributed by atoms with Crippen molar-refractivity contribution in [2.75, 3.05) is 0 Å². The summed E-state index contributed by atoms with van der Waals surface area (Å²) in [7, 11) is 0. The van der Waals surface area contributed by atoms with E-state index in [4.69, 9.17) is 14.7 Å². The Balaban J connectivity index is 1.56. The predicted octanol–water partition coefficient (Wildman–Crippen LogP) is 6.84. The monoisotopic (exact) mass is 495 g/mol. The number of para-hydroxylation sites is 2. The molecular formula is C33H25N3O2. The normalized spacial score (nSPS) is 12.6. The number of ether oxygens (including phenoxy) is 1. The molecule has 0 saturated carbocycles. The molecule has 0 fully saturated rings. The SMILES string of the molecule is Cc1ccc(-c2cc(-c3ccc(C)cc3)c3ccc(=O)n4c3c2OCc2nc3ccccc3nc2C4)cc1. The average Bonchev–Trinajstić information content (AvgIpc) is 2.92. The van der Waals surface area contributed by atoms with Crippen LogP contribution in [0.4, 0.5) is 0 Å². The molecule has 1 aliphatic rings. The Bertz CT molecular complexity index is 1920. The number of pyridine rings is 1. The van der Waals surface area contributed by atoms with Crippen LogP contribution in [0.25, 0.3) is 44.2 Å². The van der Waals surface area contributed by atoms with Gasteiger partial charge >= 0.3 is 0 Å². The minimum Gasteiger partial charge on any atom is -0.484 e. The number of nitrogens with zero attached hydrogens (tertiary/aromatic N) is 3. The first-order chi connectivity index (χ1) is 18.5. The minimum absolute atomic E-state index is 0.0962. The van der Waals surface area contributed by atoms with Crippen molar-refractivity contribution in [1.82, 2.24) is 14.5 Å². The van der Waals surface area contributed by atoms with Crippen LogP contribution >= 0.6 is 0 Å². The van der Waals surface area contributed by atoms with E-state index in [9.17, 15) is 4.79 Å². The molecule has 1 aliphatic heterocycles. The van der Waals surface area contributed by atoms with Gasteiger partial charge in [-0.25, -0.2) is 9.97 Å². The molecule has 0 aliphatic carbocycles. The van der Waals surface area contributed by atoms with Crippen molar-refractivity contribution in [2.45, 2.75) is 27.0 Å². The third-order valence-electron chi connectivity index (χ3n) is 7.33. The Kier molecular flexibility index (Phi) is 5.11. The van der Waals surface area contributed by atoms with E-state index in [-0.39, 0.29) is 12.2 Å². The van der Waals surface area contributed by atoms with E-state index in [1.807, 2.05) is 30.3 Å². The zero-order valence-corrected chi connectivity index (χ0v) is 21.2. The van der Waals surface area contributed by atoms with Crippen molar-refractivity contribution >= 4 is 21.9 Å². The molecule has 5 heteroatoms. The average molecular weight is 496 g/mol. The highest BCUT2D eigenvalue weighted by Gasteiger charge is 2.24. The van der Waals surface area contributed by atoms with Gasteiger partial charge < -0.3 is 4.74 Å². The molecule has 4 aromatic carbocycles. The third-order valence-corrected chi connectivity index (χ3v) is 7.33. The molecule has 38 heavy (non-hydrogen) atoms. The van der Waals surface area contributed by atoms with Gasteiger partial charge in [0.05, 0.1) is 28.8 Å². The van der Waals surface area contributed by atoms with E-state index in [1.165, 1.54) is 11.1 Å². The molecule has 184 valence electrons. The lowest BCUT2D eigenvalue weighted by Gasteiger charge is -2.24. The van der Waals surface area contributed by atoms with Gasteiger partial charge in [0, 0.05) is 17.0 Å². The second-order valence-corrected chi connectivity index (χ2v) is 9.95. The first-order valence-electron chi connectivity index (χ1n) is 12.8. The number of hydrogen-bond acceptors (Lipinski definition) is 4. The lowest BCUT2D eigenvalue weighted by Crippen LogP contribution is -2.24. The standard InChI is InChI=1S/C33H25N3O2/c1-20-7-11-22(12-8-20)25-17-26(23-13-9-21(2)10-14-23)33-32-24(25)15-16-31(37)36(32)18-29-30(19-38-33)35-28-6-4-3-5-27(28)34-29/h3-17H,18-19H2,1-2H3. The second-order valence-electron chi connectivity index (χ2n) is 9.95. The smallest absolute Gasteiger partial charge is 0.251 e. The molecule has 0 spiro atoms. The first-order valence-corrected chi connectivity index (χ1v) is 12.8. The van der Waals surface area contributed by atoms with Crippen LogP contribution < -0.4 is 10.3 Å². The fraction of sp³-hybridized carbons (Fsp3) is 0.121. The van der Waals surface area contributed by atoms with Crippen LogP contribution in [0, 0.1) is 13.8 Å². The van der Waals surface area contributed by atoms with Crippen LogP contribution in [-0.2, 0) is 13.2 Å². The van der Waals surface area contributed by atoms with Gasteiger partial charge in [-0.05, 0) is 54.8 Å². The van der Waals surface area contributed by atoms with Crippen LogP contribution in [0.1, 0.15) is 22.5 Å². The van der Waals surface area contributed by atoms with Gasteiger partial charge in [-0.2, -0.15) is 0 Å². The number of aromatic nitrogens is 3. The summed E-state index contributed by atoms with van der Waals surface area (Å²) in [4.78, 5) is 23.2. The van der Waals surface area contributed by atoms with Crippen LogP contribution in [0.5, 0.6) is 5.75 Å². The molecule has 2 aromatic heterocycles. The van der Waals surface area contributed by atoms with Gasteiger partial charge in [-0.3, -0.25) is 9.36 Å². The lowest BCUT2D eigenvalue weighted by molar-refractivity contribution is 0.300. The van der Waals surface area contributed by atoms with Gasteiger partial charge in [-0.1, -0.05) is 71.8 Å². The van der Waals surface area contributed by atoms with E-state index in [0.29, 0.717) is 12.3 Å². The second kappa shape index (κ2) is 8.67. The fourth-order valence-corrected chi connectivity index (χ4v) is 5.28. The van der Waals surface area contributed by atoms with E-state index in [1.54, 1.807) is 10.6 Å². The maximum Gasteiger partial charge on any atom is 0.251 e. The van der Waals surface area contributed by atoms with E-state index >= 15 is 0 Å². The molecular weight excluding hydrogens is 470 g/mol. The largest absolute Gasteiger partial charge is 0.484 e. The highest BCUT2D eigenvalue weighted by Crippen LogP contribution is 2.43. The van der Waals surface area contributed by atoms with Crippen LogP contribution in [0.2, 0.25) is 0 Å². The molecule has 3 heterocycles. The van der Waals surface area contributed by atoms with Crippen LogP contribution in [0.15, 0.2) is 95.8 Å². The Morgan fingerprint density at radius 1 is 0.711 bits per heavy atom. The van der Waals surface area contributed by atoms with Crippen molar-refractivity contribution in [3.8, 4) is 28.0 Å². The van der Waals surface area contributed by atoms with Crippen molar-refractivity contribution < 1.29 is 4.74 Å². The minimum atomic E-state index is -0.0962. The molecule has 0 bridgehead atoms. The van der Waals surface area contributed by atoms with Crippen molar-refractivity contribution in [3.05, 3.63) is 124 Å². The summed E-state index contributed by atoms with van der Waals surface area (Å²) in [5, 5.41) is 0.969. The van der Waals surface area contributed by atoms with Crippen LogP contribution in [-0.4, -0.2) is 14.5 Å². The molecule has 0 saturated heterocycles. The summed E-state index contributed by atoms with van der Waals surface area (Å²) in [5.41, 5.74) is 10.3. The maximum atomic E-state index is 13.4. The van der Waals surface area contributed by atoms with Crippen molar-refractivity contribution in [1.29, 1.82) is 0 Å². The molecule has 6 aromatic rings. The topological polar surface area (TPSA) is 57.0 Å². The Hall–Kier alpha value is -4.77. The third kappa shape index (κ3) is 3.67. The molecule has 0 amide bonds. The Morgan fingerprint density at radius 3 is 1.97 bits per heavy atom. The lowest BCUT2D eigenvalue weighted by atomic mass is 9.92. The quantitative estimate of drug-likeness (QED) is 0.264. The number of fused-ring (bicyclic) bond motifs is 2. The predicted molar refractivity (Wildman–Crippen MR) is 152 cm³/mol. The van der Waals surface area contributed by atoms with Gasteiger partial charge in [0.2, 0.25) is 0 Å². The van der Waals surface area contributed by atoms with E-state index < -0.39 is 0 Å². The summed E-state index contributed by atoms with van der Waals surface area (Å²) in [6.45, 7) is 4.76. The number of rotatable bonds is 2. The van der Waals surface area contributed by atoms with Gasteiger partial charge in [0.1, 0.15) is 12.3 Å². The van der Waals surface area contributed by atoms with Crippen molar-refractivity contribution in [2.24, 2.45) is 0 Å². The van der Waals surface area contributed by atoms with Crippen LogP contribution in [0.3, 0.4) is 0 Å². The van der Waals surface area contributed by atoms with Gasteiger partial charge in [0.25, 0.3) is 5.56 Å². The van der Waals surface area contributed by atoms with E-state index in [2.05, 4.69) is 68.4 Å². The molecule has 5 nitrogen and oxygen atoms in total. The molecule has 7 rings (SSSR count). The number of hydrogen-bond donors (Lipinski definition) is 0. The summed E-state index contributed by atoms with van der Waals surface area (Å²) in [5.74, 6) is 0.693. The Labute approximate surface area is 220 Å². The van der Waals surface area contributed by atoms with Gasteiger partial charge in [0.15, 0.2) is 5.75 Å². The summed E-state index contributed by atoms with van der Waals surface area (Å²) < 4.78 is 8.39. The fourth-order valence-electron chi connectivity index (χ4n) is 5.28. The number of benzene rings is 4. The molecule has 0 radical (unpaired) electrons. The number of aryl methyl sites for hydroxylation is 2. The van der Waals surface area contributed by atoms with E-state index in [0.717, 1.165) is 55.6 Å². The zero-order valence-electron chi connectivity index (χ0n) is 21.2. The molecule has 0 atom stereocenters. The Morgan fingerprint density at radius 2 is 1.32 bits per heavy atom. The summed E-state index contributed by atoms with van der Waals surface area (Å²) in [6, 6.07) is 30.5. The summed E-state index contributed by atoms with van der Waals surface area (Å²) in [6.07, 6.45) is 0. The van der Waals surface area contributed by atoms with Gasteiger partial charge in [-0.15, -0.1) is 0 Å². The highest BCUT2D eigenvalue weighted by atomic mass is 16.5. The highest BCUT2D eigenvalue weighted by molar-refractivity contribution is 6.03. The molecule has 0 unspecified atom stereocenters. The summed E-state index contributed by atoms with van der Waals surface area (Å²) >= 11 is 0. The van der Waals surface area contributed by atoms with Crippen molar-refractivity contribution in [3.63, 3.8) is 0 Å². The first kappa shape index (κ1) is 22.4. The maximum absolute atomic E-state index is 13.4. The molecule has 0 N–H and O–H groups in total.